The molecule has 0 unspecified atom stereocenters. The summed E-state index contributed by atoms with van der Waals surface area (Å²) in [6.07, 6.45) is 3.46. The maximum atomic E-state index is 6.39. The van der Waals surface area contributed by atoms with E-state index in [9.17, 15) is 0 Å². The lowest BCUT2D eigenvalue weighted by Crippen LogP contribution is -1.99. The number of ether oxygens (including phenoxy) is 1. The van der Waals surface area contributed by atoms with Crippen LogP contribution in [0, 0.1) is 6.92 Å². The summed E-state index contributed by atoms with van der Waals surface area (Å²) < 4.78 is 14.0. The van der Waals surface area contributed by atoms with E-state index < -0.39 is 0 Å². The van der Waals surface area contributed by atoms with Crippen molar-refractivity contribution in [2.75, 3.05) is 5.32 Å². The van der Waals surface area contributed by atoms with E-state index in [2.05, 4.69) is 41.4 Å². The topological polar surface area (TPSA) is 107 Å². The average Bonchev–Trinajstić information content (AvgIpc) is 3.60. The lowest BCUT2D eigenvalue weighted by atomic mass is 10.1. The molecule has 0 bridgehead atoms. The number of anilines is 2. The number of fused-ring (bicyclic) bond motifs is 1. The van der Waals surface area contributed by atoms with Gasteiger partial charge in [0, 0.05) is 54.6 Å². The summed E-state index contributed by atoms with van der Waals surface area (Å²) in [6.45, 7) is 1.95. The van der Waals surface area contributed by atoms with E-state index in [-0.39, 0.29) is 0 Å². The third kappa shape index (κ3) is 4.68. The number of H-pyrrole nitrogens is 1. The first-order valence-electron chi connectivity index (χ1n) is 11.2. The van der Waals surface area contributed by atoms with Crippen molar-refractivity contribution in [1.29, 1.82) is 0 Å². The molecule has 0 aliphatic heterocycles. The van der Waals surface area contributed by atoms with Gasteiger partial charge in [0.15, 0.2) is 11.6 Å². The van der Waals surface area contributed by atoms with Gasteiger partial charge in [-0.2, -0.15) is 0 Å². The zero-order chi connectivity index (χ0) is 25.5. The van der Waals surface area contributed by atoms with E-state index >= 15 is 0 Å². The van der Waals surface area contributed by atoms with Crippen molar-refractivity contribution in [3.8, 4) is 34.3 Å². The van der Waals surface area contributed by atoms with Crippen molar-refractivity contribution in [3.05, 3.63) is 82.3 Å². The molecule has 11 heteroatoms. The molecule has 6 rings (SSSR count). The fraction of sp³-hybridized carbons (Fsp3) is 0.0769. The molecule has 4 heterocycles. The van der Waals surface area contributed by atoms with Gasteiger partial charge in [-0.15, -0.1) is 0 Å². The van der Waals surface area contributed by atoms with E-state index in [1.165, 1.54) is 0 Å². The number of hydrogen-bond donors (Lipinski definition) is 2. The van der Waals surface area contributed by atoms with Gasteiger partial charge >= 0.3 is 0 Å². The quantitative estimate of drug-likeness (QED) is 0.215. The van der Waals surface area contributed by atoms with Crippen LogP contribution < -0.4 is 10.1 Å². The second-order valence-electron chi connectivity index (χ2n) is 8.37. The van der Waals surface area contributed by atoms with Crippen molar-refractivity contribution < 1.29 is 9.26 Å². The molecule has 2 N–H and O–H groups in total. The molecule has 0 amide bonds. The van der Waals surface area contributed by atoms with Gasteiger partial charge in [-0.05, 0) is 59.3 Å². The fourth-order valence-corrected chi connectivity index (χ4v) is 4.43. The average molecular weight is 577 g/mol. The molecular formula is C26H19BrClN7O2. The van der Waals surface area contributed by atoms with Crippen LogP contribution in [0.4, 0.5) is 11.6 Å². The second-order valence-corrected chi connectivity index (χ2v) is 9.59. The van der Waals surface area contributed by atoms with E-state index in [1.807, 2.05) is 54.9 Å². The van der Waals surface area contributed by atoms with Crippen LogP contribution in [0.5, 0.6) is 11.5 Å². The van der Waals surface area contributed by atoms with Gasteiger partial charge < -0.3 is 24.1 Å². The van der Waals surface area contributed by atoms with Crippen molar-refractivity contribution in [2.24, 2.45) is 7.05 Å². The largest absolute Gasteiger partial charge is 0.457 e. The van der Waals surface area contributed by atoms with Crippen LogP contribution >= 0.6 is 27.5 Å². The lowest BCUT2D eigenvalue weighted by Gasteiger charge is -2.08. The molecule has 0 saturated heterocycles. The van der Waals surface area contributed by atoms with Crippen molar-refractivity contribution in [2.45, 2.75) is 6.92 Å². The zero-order valence-electron chi connectivity index (χ0n) is 19.7. The number of halogens is 2. The smallest absolute Gasteiger partial charge is 0.208 e. The number of aryl methyl sites for hydroxylation is 2. The molecule has 184 valence electrons. The van der Waals surface area contributed by atoms with Crippen LogP contribution in [0.1, 0.15) is 5.69 Å². The predicted molar refractivity (Wildman–Crippen MR) is 145 cm³/mol. The summed E-state index contributed by atoms with van der Waals surface area (Å²) in [5.74, 6) is 3.24. The molecule has 4 aromatic heterocycles. The minimum absolute atomic E-state index is 0.558. The standard InChI is InChI=1S/C26H19BrClN7O2/c1-14-13-30-25(31-14)21-11-17(7-8-29-21)36-16-4-6-22-20(10-16)33-26(35(22)2)32-15-3-5-19(28)18(9-15)23-12-24(27)34-37-23/h3-13H,1-2H3,(H,30,31)(H,32,33). The maximum Gasteiger partial charge on any atom is 0.208 e. The lowest BCUT2D eigenvalue weighted by molar-refractivity contribution is 0.428. The third-order valence-electron chi connectivity index (χ3n) is 5.73. The Bertz CT molecular complexity index is 1760. The Hall–Kier alpha value is -4.15. The number of rotatable bonds is 6. The first kappa shape index (κ1) is 23.3. The molecule has 9 nitrogen and oxygen atoms in total. The van der Waals surface area contributed by atoms with Gasteiger partial charge in [0.2, 0.25) is 5.95 Å². The van der Waals surface area contributed by atoms with Gasteiger partial charge in [-0.1, -0.05) is 16.8 Å². The SMILES string of the molecule is Cc1cnc(-c2cc(Oc3ccc4c(c3)nc(Nc3ccc(Cl)c(-c5cc(Br)no5)c3)n4C)ccn2)[nH]1. The highest BCUT2D eigenvalue weighted by molar-refractivity contribution is 9.10. The molecule has 0 spiro atoms. The van der Waals surface area contributed by atoms with Crippen LogP contribution in [0.2, 0.25) is 5.02 Å². The van der Waals surface area contributed by atoms with E-state index in [0.717, 1.165) is 28.0 Å². The summed E-state index contributed by atoms with van der Waals surface area (Å²) in [5, 5.41) is 7.80. The summed E-state index contributed by atoms with van der Waals surface area (Å²) in [7, 11) is 1.95. The second kappa shape index (κ2) is 9.38. The minimum atomic E-state index is 0.558. The van der Waals surface area contributed by atoms with Crippen LogP contribution in [-0.4, -0.2) is 29.7 Å². The van der Waals surface area contributed by atoms with E-state index in [1.54, 1.807) is 30.6 Å². The fourth-order valence-electron chi connectivity index (χ4n) is 3.94. The summed E-state index contributed by atoms with van der Waals surface area (Å²) in [6, 6.07) is 16.8. The van der Waals surface area contributed by atoms with Crippen molar-refractivity contribution in [3.63, 3.8) is 0 Å². The van der Waals surface area contributed by atoms with Gasteiger partial charge in [-0.25, -0.2) is 9.97 Å². The normalized spacial score (nSPS) is 11.2. The molecule has 0 fully saturated rings. The molecule has 6 aromatic rings. The van der Waals surface area contributed by atoms with E-state index in [4.69, 9.17) is 25.8 Å². The Morgan fingerprint density at radius 1 is 1.05 bits per heavy atom. The minimum Gasteiger partial charge on any atom is -0.457 e. The van der Waals surface area contributed by atoms with Gasteiger partial charge in [0.25, 0.3) is 0 Å². The Morgan fingerprint density at radius 3 is 2.70 bits per heavy atom. The highest BCUT2D eigenvalue weighted by atomic mass is 79.9. The number of nitrogens with zero attached hydrogens (tertiary/aromatic N) is 5. The Morgan fingerprint density at radius 2 is 1.92 bits per heavy atom. The summed E-state index contributed by atoms with van der Waals surface area (Å²) in [5.41, 5.74) is 4.93. The van der Waals surface area contributed by atoms with Crippen molar-refractivity contribution >= 4 is 50.2 Å². The Labute approximate surface area is 224 Å². The number of imidazole rings is 2. The molecule has 0 radical (unpaired) electrons. The maximum absolute atomic E-state index is 6.39. The van der Waals surface area contributed by atoms with Crippen LogP contribution in [0.3, 0.4) is 0 Å². The highest BCUT2D eigenvalue weighted by Gasteiger charge is 2.14. The van der Waals surface area contributed by atoms with E-state index in [0.29, 0.717) is 44.4 Å². The predicted octanol–water partition coefficient (Wildman–Crippen LogP) is 7.27. The van der Waals surface area contributed by atoms with Gasteiger partial charge in [0.05, 0.1) is 16.1 Å². The Balaban J connectivity index is 1.26. The molecular weight excluding hydrogens is 558 g/mol. The first-order chi connectivity index (χ1) is 17.9. The number of hydrogen-bond acceptors (Lipinski definition) is 7. The third-order valence-corrected chi connectivity index (χ3v) is 6.44. The van der Waals surface area contributed by atoms with Crippen LogP contribution in [-0.2, 0) is 7.05 Å². The molecule has 0 saturated carbocycles. The number of benzene rings is 2. The Kier molecular flexibility index (Phi) is 5.90. The van der Waals surface area contributed by atoms with Crippen molar-refractivity contribution in [1.82, 2.24) is 29.7 Å². The molecule has 2 aromatic carbocycles. The first-order valence-corrected chi connectivity index (χ1v) is 12.4. The molecule has 37 heavy (non-hydrogen) atoms. The molecule has 0 aliphatic rings. The van der Waals surface area contributed by atoms with Crippen LogP contribution in [0.25, 0.3) is 33.9 Å². The molecule has 0 atom stereocenters. The number of aromatic amines is 1. The number of aromatic nitrogens is 6. The summed E-state index contributed by atoms with van der Waals surface area (Å²) in [4.78, 5) is 16.7. The van der Waals surface area contributed by atoms with Gasteiger partial charge in [0.1, 0.15) is 21.8 Å². The monoisotopic (exact) mass is 575 g/mol. The zero-order valence-corrected chi connectivity index (χ0v) is 22.0. The number of pyridine rings is 1. The molecule has 0 aliphatic carbocycles. The highest BCUT2D eigenvalue weighted by Crippen LogP contribution is 2.34. The number of nitrogens with one attached hydrogen (secondary N) is 2. The van der Waals surface area contributed by atoms with Gasteiger partial charge in [-0.3, -0.25) is 4.98 Å². The van der Waals surface area contributed by atoms with Crippen LogP contribution in [0.15, 0.2) is 76.1 Å². The summed E-state index contributed by atoms with van der Waals surface area (Å²) >= 11 is 9.70.